The van der Waals surface area contributed by atoms with Gasteiger partial charge in [-0.05, 0) is 36.4 Å². The first-order valence-electron chi connectivity index (χ1n) is 6.45. The topological polar surface area (TPSA) is 63.3 Å². The predicted octanol–water partition coefficient (Wildman–Crippen LogP) is 4.97. The highest BCUT2D eigenvalue weighted by molar-refractivity contribution is 5.87. The number of benzene rings is 2. The summed E-state index contributed by atoms with van der Waals surface area (Å²) in [5, 5.41) is 8.34. The zero-order valence-corrected chi connectivity index (χ0v) is 12.4. The number of nitrogens with two attached hydrogens (primary N) is 1. The third kappa shape index (κ3) is 5.60. The van der Waals surface area contributed by atoms with Crippen molar-refractivity contribution in [2.24, 2.45) is 0 Å². The second kappa shape index (κ2) is 7.58. The zero-order chi connectivity index (χ0) is 20.3. The van der Waals surface area contributed by atoms with Gasteiger partial charge < -0.3 is 10.8 Å². The average molecular weight is 387 g/mol. The highest BCUT2D eigenvalue weighted by Gasteiger charge is 2.32. The molecule has 0 aliphatic rings. The molecule has 0 aliphatic carbocycles. The van der Waals surface area contributed by atoms with Gasteiger partial charge in [0.05, 0.1) is 22.4 Å². The average Bonchev–Trinajstić information content (AvgIpc) is 2.48. The molecular weight excluding hydrogens is 378 g/mol. The Bertz CT molecular complexity index is 799. The van der Waals surface area contributed by atoms with Crippen LogP contribution in [0, 0.1) is 11.6 Å². The summed E-state index contributed by atoms with van der Waals surface area (Å²) < 4.78 is 96.9. The minimum atomic E-state index is -4.67. The lowest BCUT2D eigenvalue weighted by Gasteiger charge is -2.06. The number of anilines is 1. The molecule has 0 unspecified atom stereocenters. The van der Waals surface area contributed by atoms with Crippen LogP contribution in [0.4, 0.5) is 40.8 Å². The Kier molecular flexibility index (Phi) is 6.18. The van der Waals surface area contributed by atoms with Gasteiger partial charge in [0.2, 0.25) is 0 Å². The maximum atomic E-state index is 12.8. The summed E-state index contributed by atoms with van der Waals surface area (Å²) in [5.74, 6) is -4.05. The number of hydrogen-bond donors (Lipinski definition) is 2. The van der Waals surface area contributed by atoms with Gasteiger partial charge in [-0.3, -0.25) is 0 Å². The molecule has 0 heterocycles. The quantitative estimate of drug-likeness (QED) is 0.537. The van der Waals surface area contributed by atoms with Crippen molar-refractivity contribution < 1.29 is 45.0 Å². The second-order valence-corrected chi connectivity index (χ2v) is 4.73. The molecule has 3 nitrogen and oxygen atoms in total. The molecule has 11 heteroatoms. The number of halogens is 8. The minimum Gasteiger partial charge on any atom is -0.478 e. The van der Waals surface area contributed by atoms with E-state index in [1.54, 1.807) is 0 Å². The number of alkyl halides is 6. The number of carboxylic acids is 1. The third-order valence-corrected chi connectivity index (χ3v) is 2.85. The third-order valence-electron chi connectivity index (χ3n) is 2.85. The van der Waals surface area contributed by atoms with Gasteiger partial charge in [-0.2, -0.15) is 26.3 Å². The number of hydrogen-bond acceptors (Lipinski definition) is 2. The molecule has 0 aliphatic heterocycles. The SMILES string of the molecule is Nc1ccc(C(F)(F)F)cc1F.O=C(O)c1ccc(C(F)(F)F)cc1F. The van der Waals surface area contributed by atoms with E-state index < -0.39 is 46.6 Å². The monoisotopic (exact) mass is 387 g/mol. The Hall–Kier alpha value is -2.85. The van der Waals surface area contributed by atoms with E-state index in [9.17, 15) is 39.9 Å². The standard InChI is InChI=1S/C8H4F4O2.C7H5F4N/c9-6-3-4(8(10,11)12)1-2-5(6)7(13)14;8-5-3-4(7(9,10)11)1-2-6(5)12/h1-3H,(H,13,14);1-3H,12H2. The molecule has 0 spiro atoms. The molecule has 0 atom stereocenters. The summed E-state index contributed by atoms with van der Waals surface area (Å²) in [6.07, 6.45) is -9.19. The van der Waals surface area contributed by atoms with Crippen molar-refractivity contribution in [1.29, 1.82) is 0 Å². The summed E-state index contributed by atoms with van der Waals surface area (Å²) in [6, 6.07) is 3.25. The fraction of sp³-hybridized carbons (Fsp3) is 0.133. The van der Waals surface area contributed by atoms with Gasteiger partial charge in [-0.1, -0.05) is 0 Å². The Morgan fingerprint density at radius 2 is 1.23 bits per heavy atom. The summed E-state index contributed by atoms with van der Waals surface area (Å²) in [7, 11) is 0. The molecule has 2 aromatic rings. The molecule has 2 aromatic carbocycles. The largest absolute Gasteiger partial charge is 0.478 e. The van der Waals surface area contributed by atoms with Crippen LogP contribution in [-0.4, -0.2) is 11.1 Å². The van der Waals surface area contributed by atoms with Crippen molar-refractivity contribution in [3.8, 4) is 0 Å². The van der Waals surface area contributed by atoms with E-state index >= 15 is 0 Å². The summed E-state index contributed by atoms with van der Waals surface area (Å²) in [5.41, 5.74) is 1.68. The van der Waals surface area contributed by atoms with Crippen LogP contribution in [0.2, 0.25) is 0 Å². The van der Waals surface area contributed by atoms with Crippen molar-refractivity contribution in [2.45, 2.75) is 12.4 Å². The van der Waals surface area contributed by atoms with Crippen LogP contribution in [0.1, 0.15) is 21.5 Å². The van der Waals surface area contributed by atoms with Crippen LogP contribution < -0.4 is 5.73 Å². The van der Waals surface area contributed by atoms with Crippen LogP contribution in [0.5, 0.6) is 0 Å². The maximum absolute atomic E-state index is 12.8. The Morgan fingerprint density at radius 3 is 1.58 bits per heavy atom. The Morgan fingerprint density at radius 1 is 0.808 bits per heavy atom. The first-order chi connectivity index (χ1) is 11.7. The Labute approximate surface area is 140 Å². The number of nitrogen functional groups attached to an aromatic ring is 1. The van der Waals surface area contributed by atoms with E-state index in [4.69, 9.17) is 10.8 Å². The summed E-state index contributed by atoms with van der Waals surface area (Å²) in [6.45, 7) is 0. The van der Waals surface area contributed by atoms with Crippen LogP contribution in [-0.2, 0) is 12.4 Å². The smallest absolute Gasteiger partial charge is 0.416 e. The summed E-state index contributed by atoms with van der Waals surface area (Å²) in [4.78, 5) is 10.3. The zero-order valence-electron chi connectivity index (χ0n) is 12.4. The molecule has 142 valence electrons. The lowest BCUT2D eigenvalue weighted by Crippen LogP contribution is -2.08. The van der Waals surface area contributed by atoms with Gasteiger partial charge in [0.1, 0.15) is 11.6 Å². The van der Waals surface area contributed by atoms with Gasteiger partial charge in [-0.15, -0.1) is 0 Å². The van der Waals surface area contributed by atoms with Gasteiger partial charge in [0.25, 0.3) is 0 Å². The fourth-order valence-electron chi connectivity index (χ4n) is 1.57. The van der Waals surface area contributed by atoms with Crippen molar-refractivity contribution in [2.75, 3.05) is 5.73 Å². The van der Waals surface area contributed by atoms with Crippen molar-refractivity contribution >= 4 is 11.7 Å². The maximum Gasteiger partial charge on any atom is 0.416 e. The first kappa shape index (κ1) is 21.2. The molecule has 0 saturated carbocycles. The van der Waals surface area contributed by atoms with Crippen LogP contribution in [0.25, 0.3) is 0 Å². The lowest BCUT2D eigenvalue weighted by atomic mass is 10.1. The number of aromatic carboxylic acids is 1. The van der Waals surface area contributed by atoms with E-state index in [2.05, 4.69) is 0 Å². The van der Waals surface area contributed by atoms with Crippen molar-refractivity contribution in [3.05, 3.63) is 64.7 Å². The molecule has 0 saturated heterocycles. The molecule has 3 N–H and O–H groups in total. The molecule has 0 radical (unpaired) electrons. The van der Waals surface area contributed by atoms with Gasteiger partial charge in [0, 0.05) is 0 Å². The van der Waals surface area contributed by atoms with E-state index in [0.29, 0.717) is 18.2 Å². The lowest BCUT2D eigenvalue weighted by molar-refractivity contribution is -0.138. The fourth-order valence-corrected chi connectivity index (χ4v) is 1.57. The number of carboxylic acid groups (broad SMARTS) is 1. The molecule has 26 heavy (non-hydrogen) atoms. The number of carbonyl (C=O) groups is 1. The highest BCUT2D eigenvalue weighted by atomic mass is 19.4. The van der Waals surface area contributed by atoms with E-state index in [-0.39, 0.29) is 11.8 Å². The molecule has 0 bridgehead atoms. The van der Waals surface area contributed by atoms with Crippen molar-refractivity contribution in [3.63, 3.8) is 0 Å². The minimum absolute atomic E-state index is 0.156. The first-order valence-corrected chi connectivity index (χ1v) is 6.45. The van der Waals surface area contributed by atoms with E-state index in [1.807, 2.05) is 0 Å². The predicted molar refractivity (Wildman–Crippen MR) is 74.2 cm³/mol. The molecule has 0 aromatic heterocycles. The van der Waals surface area contributed by atoms with Gasteiger partial charge >= 0.3 is 18.3 Å². The van der Waals surface area contributed by atoms with E-state index in [0.717, 1.165) is 12.1 Å². The molecule has 0 fully saturated rings. The Balaban J connectivity index is 0.000000263. The van der Waals surface area contributed by atoms with Crippen molar-refractivity contribution in [1.82, 2.24) is 0 Å². The number of rotatable bonds is 1. The van der Waals surface area contributed by atoms with Crippen LogP contribution >= 0.6 is 0 Å². The second-order valence-electron chi connectivity index (χ2n) is 4.73. The van der Waals surface area contributed by atoms with Gasteiger partial charge in [-0.25, -0.2) is 13.6 Å². The molecular formula is C15H9F8NO2. The van der Waals surface area contributed by atoms with Crippen LogP contribution in [0.3, 0.4) is 0 Å². The highest BCUT2D eigenvalue weighted by Crippen LogP contribution is 2.31. The molecule has 2 rings (SSSR count). The normalized spacial score (nSPS) is 11.5. The van der Waals surface area contributed by atoms with Gasteiger partial charge in [0.15, 0.2) is 0 Å². The molecule has 0 amide bonds. The van der Waals surface area contributed by atoms with Crippen LogP contribution in [0.15, 0.2) is 36.4 Å². The summed E-state index contributed by atoms with van der Waals surface area (Å²) >= 11 is 0. The van der Waals surface area contributed by atoms with E-state index in [1.165, 1.54) is 0 Å².